The van der Waals surface area contributed by atoms with Crippen LogP contribution in [-0.4, -0.2) is 61.2 Å². The van der Waals surface area contributed by atoms with Gasteiger partial charge in [-0.05, 0) is 18.5 Å². The van der Waals surface area contributed by atoms with Gasteiger partial charge in [-0.3, -0.25) is 14.4 Å². The van der Waals surface area contributed by atoms with E-state index in [-0.39, 0.29) is 11.9 Å². The SMILES string of the molecule is CCN1CCN(C(=O)CCc2cnn(C)c2)C[C@@H]1c1nccn1C. The van der Waals surface area contributed by atoms with Crippen LogP contribution in [0.15, 0.2) is 24.8 Å². The molecule has 1 saturated heterocycles. The molecule has 2 aromatic rings. The predicted octanol–water partition coefficient (Wildman–Crippen LogP) is 0.992. The van der Waals surface area contributed by atoms with Crippen LogP contribution in [0.25, 0.3) is 0 Å². The van der Waals surface area contributed by atoms with Crippen LogP contribution in [0, 0.1) is 0 Å². The number of hydrogen-bond donors (Lipinski definition) is 0. The molecule has 0 spiro atoms. The maximum Gasteiger partial charge on any atom is 0.223 e. The van der Waals surface area contributed by atoms with Crippen LogP contribution in [0.1, 0.15) is 30.8 Å². The summed E-state index contributed by atoms with van der Waals surface area (Å²) in [5, 5.41) is 4.16. The van der Waals surface area contributed by atoms with Gasteiger partial charge in [-0.15, -0.1) is 0 Å². The fourth-order valence-corrected chi connectivity index (χ4v) is 3.38. The number of hydrogen-bond acceptors (Lipinski definition) is 4. The molecule has 24 heavy (non-hydrogen) atoms. The van der Waals surface area contributed by atoms with E-state index >= 15 is 0 Å². The second kappa shape index (κ2) is 7.17. The molecule has 0 bridgehead atoms. The van der Waals surface area contributed by atoms with Crippen molar-refractivity contribution in [2.75, 3.05) is 26.2 Å². The Morgan fingerprint density at radius 1 is 1.33 bits per heavy atom. The average Bonchev–Trinajstić information content (AvgIpc) is 3.20. The molecular formula is C17H26N6O. The van der Waals surface area contributed by atoms with Gasteiger partial charge in [0.1, 0.15) is 5.82 Å². The average molecular weight is 330 g/mol. The lowest BCUT2D eigenvalue weighted by atomic mass is 10.1. The number of aryl methyl sites for hydroxylation is 3. The minimum Gasteiger partial charge on any atom is -0.339 e. The molecule has 7 heteroatoms. The maximum atomic E-state index is 12.6. The van der Waals surface area contributed by atoms with Gasteiger partial charge in [0, 0.05) is 58.7 Å². The van der Waals surface area contributed by atoms with Crippen molar-refractivity contribution in [2.24, 2.45) is 14.1 Å². The van der Waals surface area contributed by atoms with Crippen LogP contribution in [-0.2, 0) is 25.3 Å². The van der Waals surface area contributed by atoms with Crippen LogP contribution < -0.4 is 0 Å². The van der Waals surface area contributed by atoms with Gasteiger partial charge in [0.15, 0.2) is 0 Å². The molecular weight excluding hydrogens is 304 g/mol. The number of amides is 1. The Labute approximate surface area is 142 Å². The Kier molecular flexibility index (Phi) is 4.99. The Bertz CT molecular complexity index is 691. The molecule has 0 N–H and O–H groups in total. The van der Waals surface area contributed by atoms with Crippen molar-refractivity contribution < 1.29 is 4.79 Å². The smallest absolute Gasteiger partial charge is 0.223 e. The standard InChI is InChI=1S/C17H26N6O/c1-4-22-9-10-23(13-15(22)17-18-7-8-20(17)2)16(24)6-5-14-11-19-21(3)12-14/h7-8,11-12,15H,4-6,9-10,13H2,1-3H3/t15-/m1/s1. The van der Waals surface area contributed by atoms with Crippen molar-refractivity contribution in [3.8, 4) is 0 Å². The highest BCUT2D eigenvalue weighted by Crippen LogP contribution is 2.24. The molecule has 2 aromatic heterocycles. The van der Waals surface area contributed by atoms with Gasteiger partial charge in [-0.25, -0.2) is 4.98 Å². The van der Waals surface area contributed by atoms with Crippen molar-refractivity contribution >= 4 is 5.91 Å². The van der Waals surface area contributed by atoms with E-state index in [1.807, 2.05) is 43.8 Å². The fourth-order valence-electron chi connectivity index (χ4n) is 3.38. The molecule has 3 heterocycles. The molecule has 1 aliphatic heterocycles. The summed E-state index contributed by atoms with van der Waals surface area (Å²) in [6.45, 7) is 5.53. The van der Waals surface area contributed by atoms with Gasteiger partial charge in [0.05, 0.1) is 12.2 Å². The number of imidazole rings is 1. The van der Waals surface area contributed by atoms with Crippen molar-refractivity contribution in [1.82, 2.24) is 29.1 Å². The van der Waals surface area contributed by atoms with Crippen molar-refractivity contribution in [2.45, 2.75) is 25.8 Å². The Hall–Kier alpha value is -2.15. The van der Waals surface area contributed by atoms with Crippen molar-refractivity contribution in [3.63, 3.8) is 0 Å². The number of likely N-dealkylation sites (N-methyl/N-ethyl adjacent to an activating group) is 1. The molecule has 1 aliphatic rings. The van der Waals surface area contributed by atoms with Gasteiger partial charge in [0.2, 0.25) is 5.91 Å². The summed E-state index contributed by atoms with van der Waals surface area (Å²) in [6, 6.07) is 0.172. The molecule has 1 amide bonds. The molecule has 0 saturated carbocycles. The molecule has 3 rings (SSSR count). The van der Waals surface area contributed by atoms with Crippen LogP contribution in [0.5, 0.6) is 0 Å². The van der Waals surface area contributed by atoms with E-state index < -0.39 is 0 Å². The fraction of sp³-hybridized carbons (Fsp3) is 0.588. The lowest BCUT2D eigenvalue weighted by molar-refractivity contribution is -0.134. The zero-order valence-electron chi connectivity index (χ0n) is 14.7. The normalized spacial score (nSPS) is 19.0. The van der Waals surface area contributed by atoms with E-state index in [4.69, 9.17) is 0 Å². The molecule has 1 fully saturated rings. The summed E-state index contributed by atoms with van der Waals surface area (Å²) >= 11 is 0. The highest BCUT2D eigenvalue weighted by Gasteiger charge is 2.31. The topological polar surface area (TPSA) is 59.2 Å². The minimum atomic E-state index is 0.172. The second-order valence-corrected chi connectivity index (χ2v) is 6.40. The van der Waals surface area contributed by atoms with Gasteiger partial charge in [0.25, 0.3) is 0 Å². The Morgan fingerprint density at radius 3 is 2.79 bits per heavy atom. The largest absolute Gasteiger partial charge is 0.339 e. The van der Waals surface area contributed by atoms with E-state index in [1.54, 1.807) is 4.68 Å². The highest BCUT2D eigenvalue weighted by molar-refractivity contribution is 5.76. The third-order valence-electron chi connectivity index (χ3n) is 4.79. The second-order valence-electron chi connectivity index (χ2n) is 6.40. The van der Waals surface area contributed by atoms with Crippen molar-refractivity contribution in [3.05, 3.63) is 36.2 Å². The number of rotatable bonds is 5. The monoisotopic (exact) mass is 330 g/mol. The number of nitrogens with zero attached hydrogens (tertiary/aromatic N) is 6. The first-order valence-electron chi connectivity index (χ1n) is 8.55. The molecule has 0 aliphatic carbocycles. The minimum absolute atomic E-state index is 0.172. The molecule has 0 radical (unpaired) electrons. The van der Waals surface area contributed by atoms with E-state index in [9.17, 15) is 4.79 Å². The Morgan fingerprint density at radius 2 is 2.17 bits per heavy atom. The van der Waals surface area contributed by atoms with Gasteiger partial charge in [-0.1, -0.05) is 6.92 Å². The molecule has 0 aromatic carbocycles. The zero-order valence-corrected chi connectivity index (χ0v) is 14.7. The molecule has 0 unspecified atom stereocenters. The van der Waals surface area contributed by atoms with Crippen LogP contribution in [0.4, 0.5) is 0 Å². The van der Waals surface area contributed by atoms with Gasteiger partial charge >= 0.3 is 0 Å². The first-order chi connectivity index (χ1) is 11.6. The summed E-state index contributed by atoms with van der Waals surface area (Å²) in [5.41, 5.74) is 1.11. The van der Waals surface area contributed by atoms with Crippen LogP contribution in [0.2, 0.25) is 0 Å². The highest BCUT2D eigenvalue weighted by atomic mass is 16.2. The van der Waals surface area contributed by atoms with Gasteiger partial charge in [-0.2, -0.15) is 5.10 Å². The third kappa shape index (κ3) is 3.51. The van der Waals surface area contributed by atoms with Crippen LogP contribution in [0.3, 0.4) is 0 Å². The van der Waals surface area contributed by atoms with E-state index in [2.05, 4.69) is 26.5 Å². The summed E-state index contributed by atoms with van der Waals surface area (Å²) in [6.07, 6.45) is 8.87. The van der Waals surface area contributed by atoms with E-state index in [1.165, 1.54) is 0 Å². The lowest BCUT2D eigenvalue weighted by Crippen LogP contribution is -2.51. The predicted molar refractivity (Wildman–Crippen MR) is 91.3 cm³/mol. The van der Waals surface area contributed by atoms with Gasteiger partial charge < -0.3 is 9.47 Å². The lowest BCUT2D eigenvalue weighted by Gasteiger charge is -2.40. The van der Waals surface area contributed by atoms with Crippen LogP contribution >= 0.6 is 0 Å². The third-order valence-corrected chi connectivity index (χ3v) is 4.79. The first-order valence-corrected chi connectivity index (χ1v) is 8.55. The molecule has 130 valence electrons. The number of carbonyl (C=O) groups is 1. The maximum absolute atomic E-state index is 12.6. The summed E-state index contributed by atoms with van der Waals surface area (Å²) in [4.78, 5) is 21.5. The van der Waals surface area contributed by atoms with Crippen molar-refractivity contribution in [1.29, 1.82) is 0 Å². The molecule has 7 nitrogen and oxygen atoms in total. The Balaban J connectivity index is 1.64. The summed E-state index contributed by atoms with van der Waals surface area (Å²) in [7, 11) is 3.91. The van der Waals surface area contributed by atoms with E-state index in [0.717, 1.165) is 37.4 Å². The summed E-state index contributed by atoms with van der Waals surface area (Å²) < 4.78 is 3.83. The number of carbonyl (C=O) groups excluding carboxylic acids is 1. The number of aromatic nitrogens is 4. The first kappa shape index (κ1) is 16.7. The quantitative estimate of drug-likeness (QED) is 0.820. The molecule has 1 atom stereocenters. The number of piperazine rings is 1. The summed E-state index contributed by atoms with van der Waals surface area (Å²) in [5.74, 6) is 1.25. The zero-order chi connectivity index (χ0) is 17.1. The van der Waals surface area contributed by atoms with E-state index in [0.29, 0.717) is 13.0 Å².